The van der Waals surface area contributed by atoms with Crippen molar-refractivity contribution in [2.75, 3.05) is 0 Å². The zero-order valence-corrected chi connectivity index (χ0v) is 12.2. The van der Waals surface area contributed by atoms with E-state index < -0.39 is 11.9 Å². The second-order valence-corrected chi connectivity index (χ2v) is 5.32. The van der Waals surface area contributed by atoms with E-state index in [1.165, 1.54) is 6.07 Å². The maximum Gasteiger partial charge on any atom is 0.165 e. The first-order chi connectivity index (χ1) is 9.47. The Balaban J connectivity index is 2.30. The smallest absolute Gasteiger partial charge is 0.165 e. The molecule has 0 aliphatic carbocycles. The number of hydrogen-bond acceptors (Lipinski definition) is 2. The number of benzene rings is 2. The van der Waals surface area contributed by atoms with E-state index in [1.54, 1.807) is 24.3 Å². The van der Waals surface area contributed by atoms with Gasteiger partial charge in [-0.1, -0.05) is 29.8 Å². The summed E-state index contributed by atoms with van der Waals surface area (Å²) in [6, 6.07) is 11.7. The Hall–Kier alpha value is -1.58. The first-order valence-corrected chi connectivity index (χ1v) is 6.79. The lowest BCUT2D eigenvalue weighted by Gasteiger charge is -2.23. The van der Waals surface area contributed by atoms with Gasteiger partial charge in [-0.15, -0.1) is 0 Å². The first kappa shape index (κ1) is 14.8. The summed E-state index contributed by atoms with van der Waals surface area (Å²) in [5.74, 6) is -0.183. The van der Waals surface area contributed by atoms with Crippen molar-refractivity contribution in [1.82, 2.24) is 0 Å². The van der Waals surface area contributed by atoms with Crippen LogP contribution in [-0.2, 0) is 0 Å². The molecule has 0 bridgehead atoms. The first-order valence-electron chi connectivity index (χ1n) is 6.41. The van der Waals surface area contributed by atoms with Crippen LogP contribution in [0.15, 0.2) is 42.5 Å². The van der Waals surface area contributed by atoms with E-state index in [0.717, 1.165) is 11.1 Å². The van der Waals surface area contributed by atoms with Gasteiger partial charge >= 0.3 is 0 Å². The summed E-state index contributed by atoms with van der Waals surface area (Å²) in [6.07, 6.45) is -0.427. The molecule has 2 nitrogen and oxygen atoms in total. The average Bonchev–Trinajstić information content (AvgIpc) is 2.40. The van der Waals surface area contributed by atoms with Gasteiger partial charge in [-0.05, 0) is 49.2 Å². The summed E-state index contributed by atoms with van der Waals surface area (Å²) in [4.78, 5) is 0. The molecule has 2 aromatic carbocycles. The normalized spacial score (nSPS) is 13.8. The summed E-state index contributed by atoms with van der Waals surface area (Å²) in [5, 5.41) is 0.638. The molecule has 0 radical (unpaired) electrons. The van der Waals surface area contributed by atoms with Gasteiger partial charge in [-0.2, -0.15) is 0 Å². The third-order valence-corrected chi connectivity index (χ3v) is 3.27. The van der Waals surface area contributed by atoms with Gasteiger partial charge in [0, 0.05) is 11.1 Å². The molecule has 0 aliphatic heterocycles. The fourth-order valence-electron chi connectivity index (χ4n) is 1.97. The summed E-state index contributed by atoms with van der Waals surface area (Å²) in [5.41, 5.74) is 7.76. The second kappa shape index (κ2) is 6.25. The highest BCUT2D eigenvalue weighted by molar-refractivity contribution is 6.30. The highest BCUT2D eigenvalue weighted by Gasteiger charge is 2.20. The molecule has 0 fully saturated rings. The Morgan fingerprint density at radius 1 is 1.15 bits per heavy atom. The van der Waals surface area contributed by atoms with Crippen molar-refractivity contribution in [1.29, 1.82) is 0 Å². The summed E-state index contributed by atoms with van der Waals surface area (Å²) in [7, 11) is 0. The van der Waals surface area contributed by atoms with Gasteiger partial charge in [0.15, 0.2) is 11.6 Å². The maximum atomic E-state index is 13.8. The fourth-order valence-corrected chi connectivity index (χ4v) is 2.10. The molecule has 0 aromatic heterocycles. The minimum absolute atomic E-state index is 0.210. The number of rotatable bonds is 4. The topological polar surface area (TPSA) is 35.2 Å². The van der Waals surface area contributed by atoms with Crippen molar-refractivity contribution in [2.45, 2.75) is 26.0 Å². The lowest BCUT2D eigenvalue weighted by Crippen LogP contribution is -2.29. The van der Waals surface area contributed by atoms with Gasteiger partial charge in [-0.25, -0.2) is 4.39 Å². The van der Waals surface area contributed by atoms with Crippen molar-refractivity contribution in [3.05, 3.63) is 64.4 Å². The fraction of sp³-hybridized carbons (Fsp3) is 0.250. The number of ether oxygens (including phenoxy) is 1. The van der Waals surface area contributed by atoms with E-state index >= 15 is 0 Å². The molecule has 0 saturated heterocycles. The van der Waals surface area contributed by atoms with Gasteiger partial charge in [0.25, 0.3) is 0 Å². The quantitative estimate of drug-likeness (QED) is 0.914. The molecule has 0 heterocycles. The van der Waals surface area contributed by atoms with Gasteiger partial charge < -0.3 is 10.5 Å². The predicted molar refractivity (Wildman–Crippen MR) is 79.6 cm³/mol. The Morgan fingerprint density at radius 2 is 1.80 bits per heavy atom. The molecule has 4 heteroatoms. The van der Waals surface area contributed by atoms with Crippen molar-refractivity contribution in [3.8, 4) is 5.75 Å². The average molecular weight is 294 g/mol. The van der Waals surface area contributed by atoms with E-state index in [2.05, 4.69) is 0 Å². The standard InChI is InChI=1S/C16H17ClFNO/c1-10-3-8-14(18)15(9-10)20-16(11(2)19)12-4-6-13(17)7-5-12/h3-9,11,16H,19H2,1-2H3. The largest absolute Gasteiger partial charge is 0.481 e. The Morgan fingerprint density at radius 3 is 2.40 bits per heavy atom. The zero-order chi connectivity index (χ0) is 14.7. The summed E-state index contributed by atoms with van der Waals surface area (Å²) >= 11 is 5.87. The Labute approximate surface area is 123 Å². The van der Waals surface area contributed by atoms with Crippen LogP contribution in [0.2, 0.25) is 5.02 Å². The van der Waals surface area contributed by atoms with Crippen LogP contribution in [0.1, 0.15) is 24.2 Å². The third kappa shape index (κ3) is 3.50. The van der Waals surface area contributed by atoms with Crippen molar-refractivity contribution in [3.63, 3.8) is 0 Å². The molecule has 0 spiro atoms. The molecule has 2 rings (SSSR count). The highest BCUT2D eigenvalue weighted by atomic mass is 35.5. The Kier molecular flexibility index (Phi) is 4.63. The van der Waals surface area contributed by atoms with Crippen molar-refractivity contribution >= 4 is 11.6 Å². The van der Waals surface area contributed by atoms with Crippen LogP contribution in [0.5, 0.6) is 5.75 Å². The summed E-state index contributed by atoms with van der Waals surface area (Å²) in [6.45, 7) is 3.71. The van der Waals surface area contributed by atoms with E-state index in [1.807, 2.05) is 26.0 Å². The summed E-state index contributed by atoms with van der Waals surface area (Å²) < 4.78 is 19.6. The monoisotopic (exact) mass is 293 g/mol. The Bertz CT molecular complexity index is 584. The maximum absolute atomic E-state index is 13.8. The number of nitrogens with two attached hydrogens (primary N) is 1. The van der Waals surface area contributed by atoms with Crippen LogP contribution < -0.4 is 10.5 Å². The molecule has 20 heavy (non-hydrogen) atoms. The minimum atomic E-state index is -0.427. The molecule has 2 aromatic rings. The van der Waals surface area contributed by atoms with Crippen LogP contribution in [0.3, 0.4) is 0 Å². The van der Waals surface area contributed by atoms with E-state index in [9.17, 15) is 4.39 Å². The van der Waals surface area contributed by atoms with Crippen LogP contribution in [0, 0.1) is 12.7 Å². The van der Waals surface area contributed by atoms with Crippen LogP contribution in [0.25, 0.3) is 0 Å². The van der Waals surface area contributed by atoms with E-state index in [0.29, 0.717) is 5.02 Å². The van der Waals surface area contributed by atoms with Crippen LogP contribution >= 0.6 is 11.6 Å². The zero-order valence-electron chi connectivity index (χ0n) is 11.4. The SMILES string of the molecule is Cc1ccc(F)c(OC(c2ccc(Cl)cc2)C(C)N)c1. The second-order valence-electron chi connectivity index (χ2n) is 4.88. The molecule has 2 N–H and O–H groups in total. The van der Waals surface area contributed by atoms with E-state index in [-0.39, 0.29) is 11.8 Å². The van der Waals surface area contributed by atoms with Gasteiger partial charge in [0.2, 0.25) is 0 Å². The number of hydrogen-bond donors (Lipinski definition) is 1. The highest BCUT2D eigenvalue weighted by Crippen LogP contribution is 2.28. The molecular weight excluding hydrogens is 277 g/mol. The number of aryl methyl sites for hydroxylation is 1. The molecule has 0 saturated carbocycles. The number of halogens is 2. The molecular formula is C16H17ClFNO. The molecule has 0 aliphatic rings. The molecule has 2 atom stereocenters. The van der Waals surface area contributed by atoms with Gasteiger partial charge in [0.1, 0.15) is 6.10 Å². The van der Waals surface area contributed by atoms with Crippen molar-refractivity contribution < 1.29 is 9.13 Å². The lowest BCUT2D eigenvalue weighted by molar-refractivity contribution is 0.172. The molecule has 0 amide bonds. The van der Waals surface area contributed by atoms with Gasteiger partial charge in [0.05, 0.1) is 0 Å². The minimum Gasteiger partial charge on any atom is -0.481 e. The predicted octanol–water partition coefficient (Wildman–Crippen LogP) is 4.25. The molecule has 2 unspecified atom stereocenters. The van der Waals surface area contributed by atoms with Crippen LogP contribution in [-0.4, -0.2) is 6.04 Å². The van der Waals surface area contributed by atoms with Crippen LogP contribution in [0.4, 0.5) is 4.39 Å². The van der Waals surface area contributed by atoms with Gasteiger partial charge in [-0.3, -0.25) is 0 Å². The van der Waals surface area contributed by atoms with E-state index in [4.69, 9.17) is 22.1 Å². The lowest BCUT2D eigenvalue weighted by atomic mass is 10.0. The third-order valence-electron chi connectivity index (χ3n) is 3.02. The van der Waals surface area contributed by atoms with Crippen molar-refractivity contribution in [2.24, 2.45) is 5.73 Å². The molecule has 106 valence electrons.